The molecule has 2 aromatic carbocycles. The van der Waals surface area contributed by atoms with E-state index in [0.717, 1.165) is 10.9 Å². The van der Waals surface area contributed by atoms with Crippen molar-refractivity contribution >= 4 is 34.5 Å². The van der Waals surface area contributed by atoms with E-state index in [-0.39, 0.29) is 24.2 Å². The number of hydroxylamine groups is 2. The molecule has 4 rings (SSSR count). The lowest BCUT2D eigenvalue weighted by atomic mass is 10.0. The molecule has 148 valence electrons. The molecule has 0 unspecified atom stereocenters. The van der Waals surface area contributed by atoms with E-state index in [2.05, 4.69) is 5.92 Å². The zero-order chi connectivity index (χ0) is 21.3. The number of ketones is 1. The molecule has 0 N–H and O–H groups in total. The molecular weight excluding hydrogens is 384 g/mol. The number of carbonyl (C=O) groups excluding carboxylic acids is 4. The molecule has 2 heterocycles. The highest BCUT2D eigenvalue weighted by Gasteiger charge is 2.33. The van der Waals surface area contributed by atoms with Crippen LogP contribution in [-0.2, 0) is 21.0 Å². The van der Waals surface area contributed by atoms with Crippen LogP contribution in [0.2, 0.25) is 0 Å². The van der Waals surface area contributed by atoms with Crippen molar-refractivity contribution in [1.82, 2.24) is 9.63 Å². The van der Waals surface area contributed by atoms with Gasteiger partial charge in [-0.25, -0.2) is 4.79 Å². The first-order valence-electron chi connectivity index (χ1n) is 9.23. The number of hydrogen-bond acceptors (Lipinski definition) is 5. The smallest absolute Gasteiger partial charge is 0.336 e. The third-order valence-electron chi connectivity index (χ3n) is 4.86. The summed E-state index contributed by atoms with van der Waals surface area (Å²) in [6.45, 7) is 0.447. The first kappa shape index (κ1) is 19.2. The second-order valence-electron chi connectivity index (χ2n) is 6.79. The van der Waals surface area contributed by atoms with Gasteiger partial charge in [-0.05, 0) is 36.4 Å². The van der Waals surface area contributed by atoms with Gasteiger partial charge < -0.3 is 9.40 Å². The van der Waals surface area contributed by atoms with Gasteiger partial charge in [-0.3, -0.25) is 14.4 Å². The largest absolute Gasteiger partial charge is 0.363 e. The fraction of sp³-hybridized carbons (Fsp3) is 0.130. The average molecular weight is 400 g/mol. The lowest BCUT2D eigenvalue weighted by Gasteiger charge is -2.12. The summed E-state index contributed by atoms with van der Waals surface area (Å²) in [6.07, 6.45) is 7.28. The highest BCUT2D eigenvalue weighted by atomic mass is 16.7. The van der Waals surface area contributed by atoms with Crippen LogP contribution in [0.5, 0.6) is 0 Å². The summed E-state index contributed by atoms with van der Waals surface area (Å²) in [7, 11) is 0. The highest BCUT2D eigenvalue weighted by molar-refractivity contribution is 6.11. The van der Waals surface area contributed by atoms with Gasteiger partial charge in [-0.1, -0.05) is 18.1 Å². The molecule has 2 amide bonds. The number of carbonyl (C=O) groups is 4. The molecule has 0 saturated carbocycles. The summed E-state index contributed by atoms with van der Waals surface area (Å²) in [5.41, 5.74) is 1.96. The fourth-order valence-corrected chi connectivity index (χ4v) is 3.30. The number of imide groups is 1. The summed E-state index contributed by atoms with van der Waals surface area (Å²) in [5, 5.41) is 1.39. The number of nitrogens with zero attached hydrogens (tertiary/aromatic N) is 2. The van der Waals surface area contributed by atoms with E-state index in [0.29, 0.717) is 22.7 Å². The third-order valence-corrected chi connectivity index (χ3v) is 4.86. The number of fused-ring (bicyclic) bond motifs is 1. The second-order valence-corrected chi connectivity index (χ2v) is 6.79. The van der Waals surface area contributed by atoms with Crippen LogP contribution in [0.4, 0.5) is 0 Å². The van der Waals surface area contributed by atoms with E-state index < -0.39 is 17.8 Å². The van der Waals surface area contributed by atoms with Gasteiger partial charge in [0.05, 0.1) is 12.1 Å². The number of terminal acetylenes is 1. The quantitative estimate of drug-likeness (QED) is 0.373. The molecule has 0 aliphatic carbocycles. The lowest BCUT2D eigenvalue weighted by molar-refractivity contribution is -0.172. The summed E-state index contributed by atoms with van der Waals surface area (Å²) in [6, 6.07) is 13.1. The molecule has 0 atom stereocenters. The van der Waals surface area contributed by atoms with Gasteiger partial charge in [0.15, 0.2) is 5.78 Å². The minimum absolute atomic E-state index is 0.0238. The topological polar surface area (TPSA) is 85.7 Å². The second kappa shape index (κ2) is 7.68. The predicted octanol–water partition coefficient (Wildman–Crippen LogP) is 2.73. The van der Waals surface area contributed by atoms with Gasteiger partial charge in [0.25, 0.3) is 11.8 Å². The summed E-state index contributed by atoms with van der Waals surface area (Å²) in [4.78, 5) is 53.0. The Bertz CT molecular complexity index is 1210. The van der Waals surface area contributed by atoms with Gasteiger partial charge in [-0.15, -0.1) is 11.5 Å². The zero-order valence-corrected chi connectivity index (χ0v) is 15.8. The minimum Gasteiger partial charge on any atom is -0.336 e. The van der Waals surface area contributed by atoms with Crippen LogP contribution in [0, 0.1) is 12.3 Å². The van der Waals surface area contributed by atoms with Crippen LogP contribution in [0.1, 0.15) is 39.1 Å². The minimum atomic E-state index is -0.839. The molecule has 7 nitrogen and oxygen atoms in total. The molecule has 0 radical (unpaired) electrons. The van der Waals surface area contributed by atoms with Crippen LogP contribution < -0.4 is 0 Å². The molecule has 1 aromatic heterocycles. The summed E-state index contributed by atoms with van der Waals surface area (Å²) >= 11 is 0. The van der Waals surface area contributed by atoms with Crippen molar-refractivity contribution < 1.29 is 24.0 Å². The molecule has 1 aliphatic heterocycles. The van der Waals surface area contributed by atoms with Crippen molar-refractivity contribution in [2.24, 2.45) is 0 Å². The maximum absolute atomic E-state index is 12.8. The van der Waals surface area contributed by atoms with Crippen molar-refractivity contribution in [1.29, 1.82) is 0 Å². The van der Waals surface area contributed by atoms with Crippen molar-refractivity contribution in [3.05, 3.63) is 71.4 Å². The van der Waals surface area contributed by atoms with E-state index in [4.69, 9.17) is 11.3 Å². The highest BCUT2D eigenvalue weighted by Crippen LogP contribution is 2.20. The monoisotopic (exact) mass is 400 g/mol. The Morgan fingerprint density at radius 2 is 1.57 bits per heavy atom. The van der Waals surface area contributed by atoms with Gasteiger partial charge in [-0.2, -0.15) is 0 Å². The molecule has 30 heavy (non-hydrogen) atoms. The van der Waals surface area contributed by atoms with Crippen LogP contribution in [-0.4, -0.2) is 33.2 Å². The third kappa shape index (κ3) is 3.47. The van der Waals surface area contributed by atoms with Crippen LogP contribution >= 0.6 is 0 Å². The SMILES string of the molecule is C#CCn1ccc2cc(C(=O)c3ccc(C(=O)ON4C(=O)CCC4=O)cc3)ccc21. The van der Waals surface area contributed by atoms with Gasteiger partial charge >= 0.3 is 5.97 Å². The first-order chi connectivity index (χ1) is 14.5. The first-order valence-corrected chi connectivity index (χ1v) is 9.23. The van der Waals surface area contributed by atoms with Gasteiger partial charge in [0, 0.05) is 41.1 Å². The molecule has 0 spiro atoms. The lowest BCUT2D eigenvalue weighted by Crippen LogP contribution is -2.32. The van der Waals surface area contributed by atoms with Gasteiger partial charge in [0.2, 0.25) is 0 Å². The van der Waals surface area contributed by atoms with E-state index in [1.165, 1.54) is 24.3 Å². The Labute approximate surface area is 171 Å². The van der Waals surface area contributed by atoms with Crippen LogP contribution in [0.15, 0.2) is 54.7 Å². The number of hydrogen-bond donors (Lipinski definition) is 0. The Morgan fingerprint density at radius 3 is 2.23 bits per heavy atom. The predicted molar refractivity (Wildman–Crippen MR) is 107 cm³/mol. The average Bonchev–Trinajstić information content (AvgIpc) is 3.31. The normalized spacial score (nSPS) is 13.5. The van der Waals surface area contributed by atoms with E-state index >= 15 is 0 Å². The molecule has 0 bridgehead atoms. The zero-order valence-electron chi connectivity index (χ0n) is 15.8. The number of rotatable bonds is 5. The van der Waals surface area contributed by atoms with Crippen molar-refractivity contribution in [2.75, 3.05) is 0 Å². The molecule has 3 aromatic rings. The molecular formula is C23H16N2O5. The molecule has 7 heteroatoms. The Morgan fingerprint density at radius 1 is 0.933 bits per heavy atom. The van der Waals surface area contributed by atoms with E-state index in [1.54, 1.807) is 12.1 Å². The standard InChI is InChI=1S/C23H16N2O5/c1-2-12-24-13-11-17-14-18(7-8-19(17)24)22(28)15-3-5-16(6-4-15)23(29)30-25-20(26)9-10-21(25)27/h1,3-8,11,13-14H,9-10,12H2. The Hall–Kier alpha value is -4.18. The fourth-order valence-electron chi connectivity index (χ4n) is 3.30. The Balaban J connectivity index is 1.51. The number of benzene rings is 2. The van der Waals surface area contributed by atoms with Crippen molar-refractivity contribution in [2.45, 2.75) is 19.4 Å². The van der Waals surface area contributed by atoms with Gasteiger partial charge in [0.1, 0.15) is 0 Å². The number of amides is 2. The number of aromatic nitrogens is 1. The van der Waals surface area contributed by atoms with E-state index in [9.17, 15) is 19.2 Å². The summed E-state index contributed by atoms with van der Waals surface area (Å²) < 4.78 is 1.92. The summed E-state index contributed by atoms with van der Waals surface area (Å²) in [5.74, 6) is 0.445. The molecule has 1 fully saturated rings. The molecule has 1 aliphatic rings. The maximum atomic E-state index is 12.8. The maximum Gasteiger partial charge on any atom is 0.363 e. The van der Waals surface area contributed by atoms with Crippen molar-refractivity contribution in [3.8, 4) is 12.3 Å². The van der Waals surface area contributed by atoms with E-state index in [1.807, 2.05) is 22.9 Å². The Kier molecular flexibility index (Phi) is 4.90. The van der Waals surface area contributed by atoms with Crippen LogP contribution in [0.25, 0.3) is 10.9 Å². The molecule has 1 saturated heterocycles. The van der Waals surface area contributed by atoms with Crippen molar-refractivity contribution in [3.63, 3.8) is 0 Å². The van der Waals surface area contributed by atoms with Crippen LogP contribution in [0.3, 0.4) is 0 Å².